The average Bonchev–Trinajstić information content (AvgIpc) is 2.26. The number of hydrogen-bond donors (Lipinski definition) is 0. The Labute approximate surface area is 111 Å². The summed E-state index contributed by atoms with van der Waals surface area (Å²) in [5, 5.41) is 0. The molecule has 0 amide bonds. The Bertz CT molecular complexity index is 358. The Morgan fingerprint density at radius 3 is 1.47 bits per heavy atom. The second-order valence-corrected chi connectivity index (χ2v) is 3.73. The molecule has 12 heteroatoms. The number of rotatable bonds is 5. The van der Waals surface area contributed by atoms with Crippen LogP contribution in [0, 0.1) is 0 Å². The lowest BCUT2D eigenvalue weighted by molar-refractivity contribution is -0.378. The fourth-order valence-electron chi connectivity index (χ4n) is 0.762. The zero-order valence-electron chi connectivity index (χ0n) is 8.19. The van der Waals surface area contributed by atoms with Crippen molar-refractivity contribution in [3.63, 3.8) is 0 Å². The van der Waals surface area contributed by atoms with E-state index in [-0.39, 0.29) is 0 Å². The Balaban J connectivity index is 5.91. The summed E-state index contributed by atoms with van der Waals surface area (Å²) in [6, 6.07) is 0. The van der Waals surface area contributed by atoms with Crippen LogP contribution < -0.4 is 0 Å². The van der Waals surface area contributed by atoms with E-state index in [2.05, 4.69) is 0 Å². The highest BCUT2D eigenvalue weighted by Gasteiger charge is 2.83. The normalized spacial score (nSPS) is 16.2. The standard InChI is InChI=1S/C7H2F11I/c8-2(1-19)4(11,12)6(15,16)7(17,18)5(13,14)3(9)10/h1,3H. The molecule has 0 aliphatic heterocycles. The van der Waals surface area contributed by atoms with Gasteiger partial charge in [0, 0.05) is 4.08 Å². The first-order valence-electron chi connectivity index (χ1n) is 3.93. The summed E-state index contributed by atoms with van der Waals surface area (Å²) in [4.78, 5) is 0. The van der Waals surface area contributed by atoms with Crippen LogP contribution in [0.25, 0.3) is 0 Å². The van der Waals surface area contributed by atoms with Crippen molar-refractivity contribution in [3.05, 3.63) is 9.91 Å². The maximum Gasteiger partial charge on any atom is 0.385 e. The minimum absolute atomic E-state index is 0.414. The van der Waals surface area contributed by atoms with Crippen molar-refractivity contribution in [1.29, 1.82) is 0 Å². The quantitative estimate of drug-likeness (QED) is 0.431. The number of halogens is 12. The Kier molecular flexibility index (Phi) is 5.15. The fourth-order valence-corrected chi connectivity index (χ4v) is 1.15. The van der Waals surface area contributed by atoms with Crippen molar-refractivity contribution >= 4 is 22.6 Å². The van der Waals surface area contributed by atoms with Gasteiger partial charge < -0.3 is 0 Å². The molecule has 0 N–H and O–H groups in total. The van der Waals surface area contributed by atoms with Crippen LogP contribution in [0.1, 0.15) is 0 Å². The van der Waals surface area contributed by atoms with Gasteiger partial charge in [0.2, 0.25) is 0 Å². The molecule has 0 aromatic carbocycles. The Hall–Kier alpha value is -0.300. The van der Waals surface area contributed by atoms with Gasteiger partial charge in [-0.1, -0.05) is 0 Å². The highest BCUT2D eigenvalue weighted by molar-refractivity contribution is 14.1. The SMILES string of the molecule is FC(=CI)C(F)(F)C(F)(F)C(F)(F)C(F)(F)C(F)F. The van der Waals surface area contributed by atoms with E-state index < -0.39 is 40.0 Å². The summed E-state index contributed by atoms with van der Waals surface area (Å²) in [6.07, 6.45) is -5.35. The highest BCUT2D eigenvalue weighted by atomic mass is 127. The van der Waals surface area contributed by atoms with Gasteiger partial charge in [-0.2, -0.15) is 35.1 Å². The van der Waals surface area contributed by atoms with Crippen molar-refractivity contribution in [3.8, 4) is 0 Å². The van der Waals surface area contributed by atoms with Gasteiger partial charge in [0.05, 0.1) is 0 Å². The average molecular weight is 422 g/mol. The maximum atomic E-state index is 12.7. The van der Waals surface area contributed by atoms with E-state index in [1.54, 1.807) is 0 Å². The lowest BCUT2D eigenvalue weighted by atomic mass is 9.98. The molecule has 0 rings (SSSR count). The van der Waals surface area contributed by atoms with Gasteiger partial charge in [-0.05, 0) is 22.6 Å². The smallest absolute Gasteiger partial charge is 0.204 e. The maximum absolute atomic E-state index is 12.7. The van der Waals surface area contributed by atoms with E-state index in [0.717, 1.165) is 0 Å². The highest BCUT2D eigenvalue weighted by Crippen LogP contribution is 2.56. The molecule has 0 aromatic heterocycles. The first-order chi connectivity index (χ1) is 8.17. The van der Waals surface area contributed by atoms with Crippen molar-refractivity contribution in [2.45, 2.75) is 30.1 Å². The molecule has 114 valence electrons. The molecule has 0 atom stereocenters. The molecule has 0 unspecified atom stereocenters. The molecule has 0 aliphatic carbocycles. The minimum Gasteiger partial charge on any atom is -0.204 e. The zero-order chi connectivity index (χ0) is 15.9. The van der Waals surface area contributed by atoms with E-state index in [1.165, 1.54) is 0 Å². The van der Waals surface area contributed by atoms with Crippen molar-refractivity contribution in [2.24, 2.45) is 0 Å². The van der Waals surface area contributed by atoms with Crippen LogP contribution >= 0.6 is 22.6 Å². The van der Waals surface area contributed by atoms with Gasteiger partial charge in [0.15, 0.2) is 5.83 Å². The van der Waals surface area contributed by atoms with Gasteiger partial charge >= 0.3 is 30.1 Å². The fraction of sp³-hybridized carbons (Fsp3) is 0.714. The van der Waals surface area contributed by atoms with Crippen LogP contribution in [0.5, 0.6) is 0 Å². The van der Waals surface area contributed by atoms with E-state index in [1.807, 2.05) is 0 Å². The number of hydrogen-bond acceptors (Lipinski definition) is 0. The van der Waals surface area contributed by atoms with Crippen LogP contribution in [0.2, 0.25) is 0 Å². The van der Waals surface area contributed by atoms with Crippen LogP contribution in [0.3, 0.4) is 0 Å². The van der Waals surface area contributed by atoms with Crippen molar-refractivity contribution in [2.75, 3.05) is 0 Å². The molecule has 0 saturated carbocycles. The summed E-state index contributed by atoms with van der Waals surface area (Å²) >= 11 is 0.610. The number of allylic oxidation sites excluding steroid dienone is 1. The zero-order valence-corrected chi connectivity index (χ0v) is 10.3. The molecule has 0 aliphatic rings. The second-order valence-electron chi connectivity index (χ2n) is 3.10. The summed E-state index contributed by atoms with van der Waals surface area (Å²) in [5.41, 5.74) is 0. The molecule has 0 saturated heterocycles. The summed E-state index contributed by atoms with van der Waals surface area (Å²) in [6.45, 7) is 0. The number of alkyl halides is 10. The molecule has 0 nitrogen and oxygen atoms in total. The molecule has 19 heavy (non-hydrogen) atoms. The van der Waals surface area contributed by atoms with Gasteiger partial charge in [0.25, 0.3) is 0 Å². The van der Waals surface area contributed by atoms with Crippen molar-refractivity contribution in [1.82, 2.24) is 0 Å². The molecule has 0 aromatic rings. The molecule has 0 radical (unpaired) electrons. The largest absolute Gasteiger partial charge is 0.385 e. The summed E-state index contributed by atoms with van der Waals surface area (Å²) in [7, 11) is 0. The van der Waals surface area contributed by atoms with Gasteiger partial charge in [0.1, 0.15) is 0 Å². The van der Waals surface area contributed by atoms with Gasteiger partial charge in [-0.3, -0.25) is 0 Å². The third-order valence-electron chi connectivity index (χ3n) is 1.88. The third-order valence-corrected chi connectivity index (χ3v) is 2.42. The van der Waals surface area contributed by atoms with E-state index in [0.29, 0.717) is 22.6 Å². The summed E-state index contributed by atoms with van der Waals surface area (Å²) < 4.78 is 135. The van der Waals surface area contributed by atoms with Crippen LogP contribution in [0.15, 0.2) is 9.91 Å². The van der Waals surface area contributed by atoms with Gasteiger partial charge in [-0.15, -0.1) is 0 Å². The predicted octanol–water partition coefficient (Wildman–Crippen LogP) is 5.04. The molecule has 0 spiro atoms. The van der Waals surface area contributed by atoms with Crippen LogP contribution in [-0.2, 0) is 0 Å². The second kappa shape index (κ2) is 5.24. The van der Waals surface area contributed by atoms with Crippen LogP contribution in [0.4, 0.5) is 48.3 Å². The minimum atomic E-state index is -7.17. The molecular formula is C7H2F11I. The first-order valence-corrected chi connectivity index (χ1v) is 5.18. The Morgan fingerprint density at radius 1 is 0.842 bits per heavy atom. The molecule has 0 heterocycles. The first kappa shape index (κ1) is 18.7. The lowest BCUT2D eigenvalue weighted by Crippen LogP contribution is -2.64. The van der Waals surface area contributed by atoms with E-state index in [9.17, 15) is 48.3 Å². The topological polar surface area (TPSA) is 0 Å². The van der Waals surface area contributed by atoms with Gasteiger partial charge in [-0.25, -0.2) is 13.2 Å². The van der Waals surface area contributed by atoms with Crippen molar-refractivity contribution < 1.29 is 48.3 Å². The van der Waals surface area contributed by atoms with E-state index >= 15 is 0 Å². The summed E-state index contributed by atoms with van der Waals surface area (Å²) in [5.74, 6) is -30.6. The molecule has 0 fully saturated rings. The van der Waals surface area contributed by atoms with E-state index in [4.69, 9.17) is 0 Å². The third kappa shape index (κ3) is 2.63. The van der Waals surface area contributed by atoms with Crippen LogP contribution in [-0.4, -0.2) is 30.1 Å². The lowest BCUT2D eigenvalue weighted by Gasteiger charge is -2.35. The molecular weight excluding hydrogens is 420 g/mol. The monoisotopic (exact) mass is 422 g/mol. The molecule has 0 bridgehead atoms. The predicted molar refractivity (Wildman–Crippen MR) is 49.0 cm³/mol. The Morgan fingerprint density at radius 2 is 1.21 bits per heavy atom.